The fourth-order valence-corrected chi connectivity index (χ4v) is 3.36. The van der Waals surface area contributed by atoms with Gasteiger partial charge in [0.05, 0.1) is 4.90 Å². The molecule has 0 heterocycles. The van der Waals surface area contributed by atoms with Crippen LogP contribution in [0.15, 0.2) is 59.5 Å². The molecule has 0 amide bonds. The van der Waals surface area contributed by atoms with Crippen LogP contribution in [0, 0.1) is 0 Å². The Labute approximate surface area is 150 Å². The number of alkyl halides is 3. The molecule has 142 valence electrons. The van der Waals surface area contributed by atoms with E-state index in [0.29, 0.717) is 0 Å². The van der Waals surface area contributed by atoms with E-state index in [-0.39, 0.29) is 17.5 Å². The van der Waals surface area contributed by atoms with Gasteiger partial charge in [-0.15, -0.1) is 13.2 Å². The van der Waals surface area contributed by atoms with Crippen LogP contribution in [0.25, 0.3) is 0 Å². The van der Waals surface area contributed by atoms with Crippen molar-refractivity contribution in [1.82, 2.24) is 4.72 Å². The number of rotatable bonds is 7. The lowest BCUT2D eigenvalue weighted by Gasteiger charge is -2.27. The Morgan fingerprint density at radius 2 is 1.77 bits per heavy atom. The maximum absolute atomic E-state index is 12.3. The highest BCUT2D eigenvalue weighted by Crippen LogP contribution is 2.25. The van der Waals surface area contributed by atoms with Gasteiger partial charge in [0.15, 0.2) is 0 Å². The number of para-hydroxylation sites is 1. The van der Waals surface area contributed by atoms with E-state index in [1.54, 1.807) is 0 Å². The zero-order valence-electron chi connectivity index (χ0n) is 14.2. The predicted octanol–water partition coefficient (Wildman–Crippen LogP) is 3.39. The summed E-state index contributed by atoms with van der Waals surface area (Å²) in [5, 5.41) is 0. The summed E-state index contributed by atoms with van der Waals surface area (Å²) in [5.74, 6) is -0.588. The van der Waals surface area contributed by atoms with Gasteiger partial charge in [-0.05, 0) is 31.2 Å². The predicted molar refractivity (Wildman–Crippen MR) is 92.6 cm³/mol. The summed E-state index contributed by atoms with van der Waals surface area (Å²) in [7, 11) is -2.15. The Balaban J connectivity index is 2.05. The average Bonchev–Trinajstić information content (AvgIpc) is 2.58. The number of anilines is 1. The summed E-state index contributed by atoms with van der Waals surface area (Å²) in [5.41, 5.74) is 0.916. The Bertz CT molecular complexity index is 827. The highest BCUT2D eigenvalue weighted by Gasteiger charge is 2.31. The molecule has 1 atom stereocenters. The Hall–Kier alpha value is -2.26. The number of sulfonamides is 1. The van der Waals surface area contributed by atoms with Gasteiger partial charge in [0.2, 0.25) is 10.0 Å². The van der Waals surface area contributed by atoms with Crippen LogP contribution in [0.3, 0.4) is 0 Å². The van der Waals surface area contributed by atoms with Gasteiger partial charge >= 0.3 is 6.36 Å². The first-order valence-corrected chi connectivity index (χ1v) is 9.20. The van der Waals surface area contributed by atoms with E-state index in [2.05, 4.69) is 9.46 Å². The summed E-state index contributed by atoms with van der Waals surface area (Å²) in [6, 6.07) is 13.5. The van der Waals surface area contributed by atoms with E-state index in [1.807, 2.05) is 49.2 Å². The minimum Gasteiger partial charge on any atom is -0.406 e. The quantitative estimate of drug-likeness (QED) is 0.790. The highest BCUT2D eigenvalue weighted by atomic mass is 32.2. The molecular weight excluding hydrogens is 369 g/mol. The number of hydrogen-bond acceptors (Lipinski definition) is 4. The van der Waals surface area contributed by atoms with Crippen LogP contribution in [0.2, 0.25) is 0 Å². The molecule has 0 aliphatic heterocycles. The fraction of sp³-hybridized carbons (Fsp3) is 0.294. The molecule has 0 aromatic heterocycles. The molecular formula is C17H19F3N2O3S. The monoisotopic (exact) mass is 388 g/mol. The maximum Gasteiger partial charge on any atom is 0.573 e. The molecule has 2 aromatic rings. The molecule has 0 bridgehead atoms. The van der Waals surface area contributed by atoms with Crippen molar-refractivity contribution in [2.45, 2.75) is 24.2 Å². The van der Waals surface area contributed by atoms with Gasteiger partial charge in [0.1, 0.15) is 5.75 Å². The molecule has 0 aliphatic rings. The molecule has 26 heavy (non-hydrogen) atoms. The summed E-state index contributed by atoms with van der Waals surface area (Å²) < 4.78 is 67.7. The molecule has 0 aliphatic carbocycles. The molecule has 0 spiro atoms. The standard InChI is InChI=1S/C17H19F3N2O3S/c1-13(22(2)14-7-4-3-5-8-14)12-21-26(23,24)16-10-6-9-15(11-16)25-17(18,19)20/h3-11,13,21H,12H2,1-2H3. The van der Waals surface area contributed by atoms with Gasteiger partial charge < -0.3 is 9.64 Å². The van der Waals surface area contributed by atoms with Crippen LogP contribution in [0.1, 0.15) is 6.92 Å². The van der Waals surface area contributed by atoms with E-state index in [1.165, 1.54) is 12.1 Å². The lowest BCUT2D eigenvalue weighted by atomic mass is 10.2. The Morgan fingerprint density at radius 3 is 2.38 bits per heavy atom. The van der Waals surface area contributed by atoms with Crippen LogP contribution < -0.4 is 14.4 Å². The maximum atomic E-state index is 12.3. The number of hydrogen-bond donors (Lipinski definition) is 1. The van der Waals surface area contributed by atoms with Gasteiger partial charge in [0, 0.05) is 31.4 Å². The van der Waals surface area contributed by atoms with E-state index in [0.717, 1.165) is 17.8 Å². The lowest BCUT2D eigenvalue weighted by molar-refractivity contribution is -0.274. The van der Waals surface area contributed by atoms with E-state index in [4.69, 9.17) is 0 Å². The number of halogens is 3. The van der Waals surface area contributed by atoms with Crippen molar-refractivity contribution < 1.29 is 26.3 Å². The lowest BCUT2D eigenvalue weighted by Crippen LogP contribution is -2.40. The highest BCUT2D eigenvalue weighted by molar-refractivity contribution is 7.89. The van der Waals surface area contributed by atoms with E-state index < -0.39 is 22.1 Å². The summed E-state index contributed by atoms with van der Waals surface area (Å²) >= 11 is 0. The number of nitrogens with one attached hydrogen (secondary N) is 1. The minimum atomic E-state index is -4.89. The normalized spacial score (nSPS) is 13.3. The van der Waals surface area contributed by atoms with Crippen molar-refractivity contribution in [1.29, 1.82) is 0 Å². The molecule has 2 aromatic carbocycles. The topological polar surface area (TPSA) is 58.6 Å². The first kappa shape index (κ1) is 20.1. The zero-order valence-corrected chi connectivity index (χ0v) is 15.0. The Kier molecular flexibility index (Phi) is 6.14. The van der Waals surface area contributed by atoms with Crippen molar-refractivity contribution in [3.8, 4) is 5.75 Å². The van der Waals surface area contributed by atoms with Crippen molar-refractivity contribution >= 4 is 15.7 Å². The third-order valence-corrected chi connectivity index (χ3v) is 5.16. The van der Waals surface area contributed by atoms with Gasteiger partial charge in [-0.25, -0.2) is 13.1 Å². The SMILES string of the molecule is CC(CNS(=O)(=O)c1cccc(OC(F)(F)F)c1)N(C)c1ccccc1. The third-order valence-electron chi connectivity index (χ3n) is 3.74. The summed E-state index contributed by atoms with van der Waals surface area (Å²) in [6.45, 7) is 1.91. The van der Waals surface area contributed by atoms with Crippen molar-refractivity contribution in [2.24, 2.45) is 0 Å². The second-order valence-corrected chi connectivity index (χ2v) is 7.44. The molecule has 0 saturated heterocycles. The summed E-state index contributed by atoms with van der Waals surface area (Å²) in [4.78, 5) is 1.60. The summed E-state index contributed by atoms with van der Waals surface area (Å²) in [6.07, 6.45) is -4.89. The molecule has 0 fully saturated rings. The van der Waals surface area contributed by atoms with Crippen LogP contribution in [-0.2, 0) is 10.0 Å². The molecule has 1 N–H and O–H groups in total. The largest absolute Gasteiger partial charge is 0.573 e. The fourth-order valence-electron chi connectivity index (χ4n) is 2.21. The van der Waals surface area contributed by atoms with Crippen LogP contribution in [0.5, 0.6) is 5.75 Å². The first-order valence-electron chi connectivity index (χ1n) is 7.72. The van der Waals surface area contributed by atoms with Gasteiger partial charge in [-0.3, -0.25) is 0 Å². The van der Waals surface area contributed by atoms with E-state index in [9.17, 15) is 21.6 Å². The van der Waals surface area contributed by atoms with Gasteiger partial charge in [0.25, 0.3) is 0 Å². The minimum absolute atomic E-state index is 0.0814. The van der Waals surface area contributed by atoms with Crippen molar-refractivity contribution in [2.75, 3.05) is 18.5 Å². The number of benzene rings is 2. The molecule has 0 radical (unpaired) electrons. The second kappa shape index (κ2) is 7.96. The van der Waals surface area contributed by atoms with Crippen LogP contribution >= 0.6 is 0 Å². The molecule has 2 rings (SSSR count). The van der Waals surface area contributed by atoms with Crippen LogP contribution in [0.4, 0.5) is 18.9 Å². The molecule has 1 unspecified atom stereocenters. The molecule has 5 nitrogen and oxygen atoms in total. The third kappa shape index (κ3) is 5.63. The average molecular weight is 388 g/mol. The Morgan fingerprint density at radius 1 is 1.12 bits per heavy atom. The smallest absolute Gasteiger partial charge is 0.406 e. The van der Waals surface area contributed by atoms with Crippen LogP contribution in [-0.4, -0.2) is 34.4 Å². The van der Waals surface area contributed by atoms with Crippen molar-refractivity contribution in [3.05, 3.63) is 54.6 Å². The van der Waals surface area contributed by atoms with Crippen molar-refractivity contribution in [3.63, 3.8) is 0 Å². The van der Waals surface area contributed by atoms with E-state index >= 15 is 0 Å². The zero-order chi connectivity index (χ0) is 19.4. The second-order valence-electron chi connectivity index (χ2n) is 5.67. The first-order chi connectivity index (χ1) is 12.1. The number of likely N-dealkylation sites (N-methyl/N-ethyl adjacent to an activating group) is 1. The number of ether oxygens (including phenoxy) is 1. The van der Waals surface area contributed by atoms with Gasteiger partial charge in [-0.2, -0.15) is 0 Å². The van der Waals surface area contributed by atoms with Gasteiger partial charge in [-0.1, -0.05) is 24.3 Å². The molecule has 9 heteroatoms. The molecule has 0 saturated carbocycles. The number of nitrogens with zero attached hydrogens (tertiary/aromatic N) is 1.